The van der Waals surface area contributed by atoms with Gasteiger partial charge in [-0.25, -0.2) is 4.98 Å². The van der Waals surface area contributed by atoms with Crippen LogP contribution in [-0.2, 0) is 5.54 Å². The minimum absolute atomic E-state index is 0.274. The Morgan fingerprint density at radius 3 is 2.80 bits per heavy atom. The first-order valence-electron chi connectivity index (χ1n) is 3.11. The normalized spacial score (nSPS) is 21.0. The van der Waals surface area contributed by atoms with Gasteiger partial charge in [0.05, 0.1) is 5.54 Å². The highest BCUT2D eigenvalue weighted by Gasteiger charge is 2.44. The maximum atomic E-state index is 5.81. The van der Waals surface area contributed by atoms with Gasteiger partial charge in [0.2, 0.25) is 5.22 Å². The van der Waals surface area contributed by atoms with Crippen molar-refractivity contribution in [2.45, 2.75) is 18.4 Å². The van der Waals surface area contributed by atoms with Crippen LogP contribution in [0.3, 0.4) is 0 Å². The van der Waals surface area contributed by atoms with E-state index in [0.717, 1.165) is 12.8 Å². The summed E-state index contributed by atoms with van der Waals surface area (Å²) in [6.07, 6.45) is 3.24. The number of halogens is 1. The Bertz CT molecular complexity index is 254. The van der Waals surface area contributed by atoms with Gasteiger partial charge >= 0.3 is 0 Å². The molecule has 4 heteroatoms. The van der Waals surface area contributed by atoms with Crippen LogP contribution in [0.25, 0.3) is 0 Å². The lowest BCUT2D eigenvalue weighted by Gasteiger charge is -2.01. The molecule has 0 bridgehead atoms. The quantitative estimate of drug-likeness (QED) is 0.670. The molecule has 10 heavy (non-hydrogen) atoms. The number of hydrogen-bond acceptors (Lipinski definition) is 3. The van der Waals surface area contributed by atoms with E-state index in [9.17, 15) is 0 Å². The number of nitrogens with two attached hydrogens (primary N) is 1. The van der Waals surface area contributed by atoms with E-state index in [-0.39, 0.29) is 5.54 Å². The number of hydrogen-bond donors (Lipinski definition) is 1. The SMILES string of the molecule is NC1(c2ncoc2Cl)CC1. The van der Waals surface area contributed by atoms with E-state index in [0.29, 0.717) is 10.9 Å². The van der Waals surface area contributed by atoms with Crippen molar-refractivity contribution in [3.05, 3.63) is 17.3 Å². The van der Waals surface area contributed by atoms with Crippen molar-refractivity contribution in [2.24, 2.45) is 5.73 Å². The predicted octanol–water partition coefficient (Wildman–Crippen LogP) is 1.28. The smallest absolute Gasteiger partial charge is 0.218 e. The minimum Gasteiger partial charge on any atom is -0.432 e. The first-order valence-corrected chi connectivity index (χ1v) is 3.48. The summed E-state index contributed by atoms with van der Waals surface area (Å²) < 4.78 is 4.81. The zero-order valence-corrected chi connectivity index (χ0v) is 6.06. The molecule has 2 rings (SSSR count). The molecule has 0 spiro atoms. The van der Waals surface area contributed by atoms with Crippen LogP contribution in [-0.4, -0.2) is 4.98 Å². The van der Waals surface area contributed by atoms with Gasteiger partial charge in [0, 0.05) is 0 Å². The molecule has 0 saturated heterocycles. The van der Waals surface area contributed by atoms with E-state index in [1.165, 1.54) is 6.39 Å². The van der Waals surface area contributed by atoms with Crippen LogP contribution in [0.1, 0.15) is 18.5 Å². The van der Waals surface area contributed by atoms with E-state index in [4.69, 9.17) is 21.8 Å². The van der Waals surface area contributed by atoms with Crippen LogP contribution < -0.4 is 5.73 Å². The summed E-state index contributed by atoms with van der Waals surface area (Å²) in [5.41, 5.74) is 6.24. The maximum Gasteiger partial charge on any atom is 0.218 e. The summed E-state index contributed by atoms with van der Waals surface area (Å²) in [6.45, 7) is 0. The summed E-state index contributed by atoms with van der Waals surface area (Å²) in [5.74, 6) is 0. The average molecular weight is 159 g/mol. The molecule has 2 N–H and O–H groups in total. The second-order valence-electron chi connectivity index (χ2n) is 2.63. The Kier molecular flexibility index (Phi) is 1.08. The molecule has 1 aromatic heterocycles. The molecule has 0 unspecified atom stereocenters. The fraction of sp³-hybridized carbons (Fsp3) is 0.500. The summed E-state index contributed by atoms with van der Waals surface area (Å²) in [6, 6.07) is 0. The largest absolute Gasteiger partial charge is 0.432 e. The van der Waals surface area contributed by atoms with Crippen LogP contribution in [0.2, 0.25) is 5.22 Å². The van der Waals surface area contributed by atoms with Gasteiger partial charge in [0.15, 0.2) is 6.39 Å². The van der Waals surface area contributed by atoms with Crippen molar-refractivity contribution in [3.8, 4) is 0 Å². The third-order valence-electron chi connectivity index (χ3n) is 1.78. The zero-order valence-electron chi connectivity index (χ0n) is 5.30. The molecule has 1 heterocycles. The van der Waals surface area contributed by atoms with Gasteiger partial charge in [0.1, 0.15) is 5.69 Å². The van der Waals surface area contributed by atoms with Gasteiger partial charge < -0.3 is 10.2 Å². The Balaban J connectivity index is 2.42. The molecule has 3 nitrogen and oxygen atoms in total. The van der Waals surface area contributed by atoms with Gasteiger partial charge in [-0.3, -0.25) is 0 Å². The second kappa shape index (κ2) is 1.74. The van der Waals surface area contributed by atoms with Crippen LogP contribution in [0, 0.1) is 0 Å². The molecule has 1 fully saturated rings. The van der Waals surface area contributed by atoms with Crippen molar-refractivity contribution in [2.75, 3.05) is 0 Å². The molecule has 0 aliphatic heterocycles. The van der Waals surface area contributed by atoms with Gasteiger partial charge in [-0.2, -0.15) is 0 Å². The minimum atomic E-state index is -0.274. The summed E-state index contributed by atoms with van der Waals surface area (Å²) in [5, 5.41) is 0.333. The highest BCUT2D eigenvalue weighted by Crippen LogP contribution is 2.44. The summed E-state index contributed by atoms with van der Waals surface area (Å²) in [4.78, 5) is 3.93. The molecule has 1 aliphatic rings. The maximum absolute atomic E-state index is 5.81. The third-order valence-corrected chi connectivity index (χ3v) is 2.05. The zero-order chi connectivity index (χ0) is 7.19. The van der Waals surface area contributed by atoms with Crippen LogP contribution >= 0.6 is 11.6 Å². The number of oxazole rings is 1. The molecule has 54 valence electrons. The van der Waals surface area contributed by atoms with Gasteiger partial charge in [-0.15, -0.1) is 0 Å². The van der Waals surface area contributed by atoms with Crippen LogP contribution in [0.15, 0.2) is 10.8 Å². The number of nitrogens with zero attached hydrogens (tertiary/aromatic N) is 1. The monoisotopic (exact) mass is 158 g/mol. The second-order valence-corrected chi connectivity index (χ2v) is 2.97. The Hall–Kier alpha value is -0.540. The van der Waals surface area contributed by atoms with Crippen molar-refractivity contribution in [3.63, 3.8) is 0 Å². The van der Waals surface area contributed by atoms with Gasteiger partial charge in [0.25, 0.3) is 0 Å². The van der Waals surface area contributed by atoms with E-state index < -0.39 is 0 Å². The van der Waals surface area contributed by atoms with Crippen molar-refractivity contribution in [1.29, 1.82) is 0 Å². The standard InChI is InChI=1S/C6H7ClN2O/c7-5-4(9-3-10-5)6(8)1-2-6/h3H,1-2,8H2. The lowest BCUT2D eigenvalue weighted by molar-refractivity contribution is 0.555. The number of aromatic nitrogens is 1. The van der Waals surface area contributed by atoms with Gasteiger partial charge in [-0.05, 0) is 24.4 Å². The Morgan fingerprint density at radius 2 is 2.40 bits per heavy atom. The fourth-order valence-corrected chi connectivity index (χ4v) is 1.20. The Morgan fingerprint density at radius 1 is 1.70 bits per heavy atom. The first-order chi connectivity index (χ1) is 4.72. The molecule has 1 aromatic rings. The topological polar surface area (TPSA) is 52.0 Å². The molecule has 0 aromatic carbocycles. The van der Waals surface area contributed by atoms with Crippen molar-refractivity contribution < 1.29 is 4.42 Å². The Labute approximate surface area is 63.2 Å². The van der Waals surface area contributed by atoms with E-state index in [2.05, 4.69) is 4.98 Å². The highest BCUT2D eigenvalue weighted by molar-refractivity contribution is 6.29. The molecule has 1 saturated carbocycles. The summed E-state index contributed by atoms with van der Waals surface area (Å²) >= 11 is 5.66. The molecule has 0 radical (unpaired) electrons. The molecular weight excluding hydrogens is 152 g/mol. The first kappa shape index (κ1) is 6.19. The summed E-state index contributed by atoms with van der Waals surface area (Å²) in [7, 11) is 0. The van der Waals surface area contributed by atoms with Gasteiger partial charge in [-0.1, -0.05) is 0 Å². The molecule has 0 atom stereocenters. The van der Waals surface area contributed by atoms with Crippen LogP contribution in [0.4, 0.5) is 0 Å². The predicted molar refractivity (Wildman–Crippen MR) is 36.6 cm³/mol. The van der Waals surface area contributed by atoms with E-state index in [1.807, 2.05) is 0 Å². The lowest BCUT2D eigenvalue weighted by atomic mass is 10.2. The highest BCUT2D eigenvalue weighted by atomic mass is 35.5. The van der Waals surface area contributed by atoms with Crippen LogP contribution in [0.5, 0.6) is 0 Å². The average Bonchev–Trinajstić information content (AvgIpc) is 2.44. The number of rotatable bonds is 1. The van der Waals surface area contributed by atoms with Crippen molar-refractivity contribution >= 4 is 11.6 Å². The molecule has 1 aliphatic carbocycles. The van der Waals surface area contributed by atoms with Crippen molar-refractivity contribution in [1.82, 2.24) is 4.98 Å². The van der Waals surface area contributed by atoms with E-state index >= 15 is 0 Å². The third kappa shape index (κ3) is 0.744. The lowest BCUT2D eigenvalue weighted by Crippen LogP contribution is -2.19. The molecular formula is C6H7ClN2O. The molecule has 0 amide bonds. The fourth-order valence-electron chi connectivity index (χ4n) is 0.928. The van der Waals surface area contributed by atoms with E-state index in [1.54, 1.807) is 0 Å².